The average molecular weight is 537 g/mol. The first-order valence-electron chi connectivity index (χ1n) is 13.0. The molecule has 0 aliphatic carbocycles. The number of hydrogen-bond acceptors (Lipinski definition) is 5. The van der Waals surface area contributed by atoms with Gasteiger partial charge in [-0.05, 0) is 73.5 Å². The molecule has 39 heavy (non-hydrogen) atoms. The van der Waals surface area contributed by atoms with Gasteiger partial charge in [0.05, 0.1) is 36.2 Å². The molecule has 10 heteroatoms. The number of anilines is 2. The summed E-state index contributed by atoms with van der Waals surface area (Å²) in [6.45, 7) is 5.91. The highest BCUT2D eigenvalue weighted by molar-refractivity contribution is 5.95. The Morgan fingerprint density at radius 2 is 1.82 bits per heavy atom. The fourth-order valence-corrected chi connectivity index (χ4v) is 5.29. The second-order valence-corrected chi connectivity index (χ2v) is 10.3. The zero-order valence-electron chi connectivity index (χ0n) is 21.3. The van der Waals surface area contributed by atoms with Crippen LogP contribution in [0.2, 0.25) is 0 Å². The first-order valence-corrected chi connectivity index (χ1v) is 13.0. The summed E-state index contributed by atoms with van der Waals surface area (Å²) >= 11 is 0. The Kier molecular flexibility index (Phi) is 6.50. The number of rotatable bonds is 7. The Bertz CT molecular complexity index is 1520. The number of aromatic amines is 1. The van der Waals surface area contributed by atoms with Gasteiger partial charge >= 0.3 is 0 Å². The zero-order chi connectivity index (χ0) is 27.1. The van der Waals surface area contributed by atoms with E-state index >= 15 is 0 Å². The van der Waals surface area contributed by atoms with Crippen molar-refractivity contribution >= 4 is 28.1 Å². The minimum absolute atomic E-state index is 0.200. The molecule has 0 saturated carbocycles. The Balaban J connectivity index is 1.23. The van der Waals surface area contributed by atoms with Gasteiger partial charge in [-0.1, -0.05) is 19.1 Å². The standard InChI is InChI=1S/C29H28F4N6/c1-18(35-21-6-8-26(34-14-21)39-16-29(32,33)17-39)28-23-13-20(5-7-25(23)36-37-28)22-11-19(12-24(30)27(22)31)15-38-9-3-2-4-10-38/h5-8,11-14,35H,1-4,9-10,15-17H2,(H,36,37). The quantitative estimate of drug-likeness (QED) is 0.267. The number of hydrogen-bond donors (Lipinski definition) is 2. The Morgan fingerprint density at radius 3 is 2.54 bits per heavy atom. The molecule has 0 radical (unpaired) electrons. The number of benzene rings is 2. The minimum atomic E-state index is -2.67. The summed E-state index contributed by atoms with van der Waals surface area (Å²) in [6, 6.07) is 11.7. The molecule has 2 aliphatic heterocycles. The topological polar surface area (TPSA) is 60.1 Å². The summed E-state index contributed by atoms with van der Waals surface area (Å²) in [4.78, 5) is 8.04. The number of halogens is 4. The highest BCUT2D eigenvalue weighted by Gasteiger charge is 2.44. The van der Waals surface area contributed by atoms with Crippen LogP contribution in [-0.2, 0) is 6.54 Å². The molecule has 2 N–H and O–H groups in total. The van der Waals surface area contributed by atoms with Crippen molar-refractivity contribution in [2.75, 3.05) is 36.4 Å². The minimum Gasteiger partial charge on any atom is -0.353 e. The molecule has 6 rings (SSSR count). The summed E-state index contributed by atoms with van der Waals surface area (Å²) in [5.41, 5.74) is 3.79. The van der Waals surface area contributed by atoms with Crippen LogP contribution in [0.25, 0.3) is 27.7 Å². The zero-order valence-corrected chi connectivity index (χ0v) is 21.3. The fraction of sp³-hybridized carbons (Fsp3) is 0.310. The van der Waals surface area contributed by atoms with Gasteiger partial charge in [0, 0.05) is 17.5 Å². The molecule has 0 atom stereocenters. The van der Waals surface area contributed by atoms with E-state index in [9.17, 15) is 17.6 Å². The highest BCUT2D eigenvalue weighted by atomic mass is 19.3. The Hall–Kier alpha value is -3.92. The number of nitrogens with zero attached hydrogens (tertiary/aromatic N) is 4. The van der Waals surface area contributed by atoms with E-state index in [4.69, 9.17) is 0 Å². The number of likely N-dealkylation sites (tertiary alicyclic amines) is 1. The van der Waals surface area contributed by atoms with Crippen molar-refractivity contribution in [3.63, 3.8) is 0 Å². The maximum atomic E-state index is 15.0. The van der Waals surface area contributed by atoms with Gasteiger partial charge in [0.2, 0.25) is 0 Å². The summed E-state index contributed by atoms with van der Waals surface area (Å²) in [7, 11) is 0. The fourth-order valence-electron chi connectivity index (χ4n) is 5.29. The van der Waals surface area contributed by atoms with Crippen LogP contribution in [0.1, 0.15) is 30.5 Å². The molecular formula is C29H28F4N6. The average Bonchev–Trinajstić information content (AvgIpc) is 3.34. The molecular weight excluding hydrogens is 508 g/mol. The number of nitrogens with one attached hydrogen (secondary N) is 2. The van der Waals surface area contributed by atoms with Crippen molar-refractivity contribution in [3.8, 4) is 11.1 Å². The lowest BCUT2D eigenvalue weighted by molar-refractivity contribution is -0.0266. The van der Waals surface area contributed by atoms with Gasteiger partial charge in [0.1, 0.15) is 11.5 Å². The molecule has 0 amide bonds. The first kappa shape index (κ1) is 25.4. The van der Waals surface area contributed by atoms with E-state index in [0.29, 0.717) is 45.9 Å². The molecule has 2 aromatic carbocycles. The van der Waals surface area contributed by atoms with Crippen LogP contribution in [0.4, 0.5) is 29.1 Å². The number of fused-ring (bicyclic) bond motifs is 1. The Labute approximate surface area is 223 Å². The molecule has 4 heterocycles. The number of H-pyrrole nitrogens is 1. The van der Waals surface area contributed by atoms with E-state index < -0.39 is 17.6 Å². The third kappa shape index (κ3) is 5.21. The van der Waals surface area contributed by atoms with Gasteiger partial charge in [0.25, 0.3) is 5.92 Å². The molecule has 4 aromatic rings. The van der Waals surface area contributed by atoms with Crippen LogP contribution < -0.4 is 10.2 Å². The van der Waals surface area contributed by atoms with Gasteiger partial charge in [-0.15, -0.1) is 0 Å². The second kappa shape index (κ2) is 10.00. The lowest BCUT2D eigenvalue weighted by Crippen LogP contribution is -2.56. The van der Waals surface area contributed by atoms with Gasteiger partial charge < -0.3 is 10.2 Å². The van der Waals surface area contributed by atoms with Crippen molar-refractivity contribution in [3.05, 3.63) is 78.1 Å². The lowest BCUT2D eigenvalue weighted by atomic mass is 9.99. The van der Waals surface area contributed by atoms with Gasteiger partial charge in [0.15, 0.2) is 11.6 Å². The monoisotopic (exact) mass is 536 g/mol. The largest absolute Gasteiger partial charge is 0.353 e. The van der Waals surface area contributed by atoms with Crippen LogP contribution in [-0.4, -0.2) is 52.2 Å². The van der Waals surface area contributed by atoms with Crippen molar-refractivity contribution < 1.29 is 17.6 Å². The molecule has 2 fully saturated rings. The summed E-state index contributed by atoms with van der Waals surface area (Å²) < 4.78 is 55.9. The SMILES string of the molecule is C=C(Nc1ccc(N2CC(F)(F)C2)nc1)c1n[nH]c2ccc(-c3cc(CN4CCCCC4)cc(F)c3F)cc12. The molecule has 6 nitrogen and oxygen atoms in total. The van der Waals surface area contributed by atoms with Crippen molar-refractivity contribution in [2.45, 2.75) is 31.7 Å². The van der Waals surface area contributed by atoms with Crippen LogP contribution in [0.3, 0.4) is 0 Å². The molecule has 2 aliphatic rings. The third-order valence-corrected chi connectivity index (χ3v) is 7.31. The van der Waals surface area contributed by atoms with E-state index in [-0.39, 0.29) is 18.7 Å². The molecule has 2 aromatic heterocycles. The lowest BCUT2D eigenvalue weighted by Gasteiger charge is -2.39. The first-order chi connectivity index (χ1) is 18.8. The normalized spacial score (nSPS) is 17.3. The van der Waals surface area contributed by atoms with Crippen LogP contribution in [0.5, 0.6) is 0 Å². The van der Waals surface area contributed by atoms with Gasteiger partial charge in [-0.2, -0.15) is 5.10 Å². The summed E-state index contributed by atoms with van der Waals surface area (Å²) in [5, 5.41) is 11.2. The summed E-state index contributed by atoms with van der Waals surface area (Å²) in [5.74, 6) is -3.94. The maximum Gasteiger partial charge on any atom is 0.282 e. The molecule has 0 bridgehead atoms. The van der Waals surface area contributed by atoms with Crippen molar-refractivity contribution in [1.82, 2.24) is 20.1 Å². The predicted molar refractivity (Wildman–Crippen MR) is 145 cm³/mol. The summed E-state index contributed by atoms with van der Waals surface area (Å²) in [6.07, 6.45) is 4.98. The molecule has 202 valence electrons. The van der Waals surface area contributed by atoms with Crippen molar-refractivity contribution in [2.24, 2.45) is 0 Å². The second-order valence-electron chi connectivity index (χ2n) is 10.3. The van der Waals surface area contributed by atoms with E-state index in [1.54, 1.807) is 42.6 Å². The van der Waals surface area contributed by atoms with Crippen LogP contribution >= 0.6 is 0 Å². The Morgan fingerprint density at radius 1 is 1.03 bits per heavy atom. The number of aromatic nitrogens is 3. The van der Waals surface area contributed by atoms with Crippen LogP contribution in [0.15, 0.2) is 55.2 Å². The van der Waals surface area contributed by atoms with E-state index in [1.807, 2.05) is 0 Å². The van der Waals surface area contributed by atoms with Gasteiger partial charge in [-0.25, -0.2) is 22.5 Å². The van der Waals surface area contributed by atoms with E-state index in [0.717, 1.165) is 31.5 Å². The van der Waals surface area contributed by atoms with E-state index in [1.165, 1.54) is 17.4 Å². The molecule has 0 unspecified atom stereocenters. The van der Waals surface area contributed by atoms with Crippen LogP contribution in [0, 0.1) is 11.6 Å². The predicted octanol–water partition coefficient (Wildman–Crippen LogP) is 6.43. The molecule has 2 saturated heterocycles. The maximum absolute atomic E-state index is 15.0. The number of piperidine rings is 1. The number of alkyl halides is 2. The van der Waals surface area contributed by atoms with E-state index in [2.05, 4.69) is 32.0 Å². The van der Waals surface area contributed by atoms with Gasteiger partial charge in [-0.3, -0.25) is 10.00 Å². The third-order valence-electron chi connectivity index (χ3n) is 7.31. The molecule has 0 spiro atoms. The number of pyridine rings is 1. The smallest absolute Gasteiger partial charge is 0.282 e. The van der Waals surface area contributed by atoms with Crippen molar-refractivity contribution in [1.29, 1.82) is 0 Å². The highest BCUT2D eigenvalue weighted by Crippen LogP contribution is 2.33.